The zero-order chi connectivity index (χ0) is 11.1. The first-order valence-electron chi connectivity index (χ1n) is 5.20. The molecule has 0 bridgehead atoms. The van der Waals surface area contributed by atoms with E-state index in [2.05, 4.69) is 29.4 Å². The van der Waals surface area contributed by atoms with Crippen LogP contribution in [0.1, 0.15) is 31.9 Å². The van der Waals surface area contributed by atoms with Crippen LogP contribution in [0.4, 0.5) is 0 Å². The van der Waals surface area contributed by atoms with Crippen molar-refractivity contribution in [3.05, 3.63) is 41.2 Å². The van der Waals surface area contributed by atoms with Crippen molar-refractivity contribution in [3.8, 4) is 0 Å². The second-order valence-electron chi connectivity index (χ2n) is 3.45. The van der Waals surface area contributed by atoms with Crippen LogP contribution in [0, 0.1) is 0 Å². The Labute approximate surface area is 96.4 Å². The third kappa shape index (κ3) is 4.45. The number of aromatic nitrogens is 1. The minimum atomic E-state index is 0.316. The van der Waals surface area contributed by atoms with Crippen molar-refractivity contribution in [3.63, 3.8) is 0 Å². The predicted octanol–water partition coefficient (Wildman–Crippen LogP) is 3.35. The Morgan fingerprint density at radius 2 is 2.40 bits per heavy atom. The molecule has 1 rings (SSSR count). The summed E-state index contributed by atoms with van der Waals surface area (Å²) in [5.41, 5.74) is 1.18. The molecule has 0 spiro atoms. The monoisotopic (exact) mass is 224 g/mol. The first kappa shape index (κ1) is 12.2. The SMILES string of the molecule is C/C=C/CCNC(C)c1ccnc(Cl)c1. The molecular formula is C12H17ClN2. The van der Waals surface area contributed by atoms with E-state index in [4.69, 9.17) is 11.6 Å². The molecule has 15 heavy (non-hydrogen) atoms. The van der Waals surface area contributed by atoms with Gasteiger partial charge in [0.15, 0.2) is 0 Å². The second-order valence-corrected chi connectivity index (χ2v) is 3.83. The largest absolute Gasteiger partial charge is 0.310 e. The highest BCUT2D eigenvalue weighted by molar-refractivity contribution is 6.29. The molecule has 0 aliphatic carbocycles. The minimum Gasteiger partial charge on any atom is -0.310 e. The fraction of sp³-hybridized carbons (Fsp3) is 0.417. The van der Waals surface area contributed by atoms with E-state index in [0.717, 1.165) is 13.0 Å². The molecule has 0 radical (unpaired) electrons. The second kappa shape index (κ2) is 6.59. The van der Waals surface area contributed by atoms with E-state index in [1.54, 1.807) is 6.20 Å². The van der Waals surface area contributed by atoms with Crippen LogP contribution in [-0.4, -0.2) is 11.5 Å². The molecule has 1 N–H and O–H groups in total. The molecular weight excluding hydrogens is 208 g/mol. The lowest BCUT2D eigenvalue weighted by atomic mass is 10.1. The van der Waals surface area contributed by atoms with Crippen molar-refractivity contribution in [2.24, 2.45) is 0 Å². The van der Waals surface area contributed by atoms with Gasteiger partial charge in [0.2, 0.25) is 0 Å². The van der Waals surface area contributed by atoms with E-state index in [9.17, 15) is 0 Å². The van der Waals surface area contributed by atoms with E-state index in [0.29, 0.717) is 11.2 Å². The first-order chi connectivity index (χ1) is 7.24. The Balaban J connectivity index is 2.43. The quantitative estimate of drug-likeness (QED) is 0.471. The molecule has 3 heteroatoms. The predicted molar refractivity (Wildman–Crippen MR) is 65.1 cm³/mol. The van der Waals surface area contributed by atoms with E-state index in [1.807, 2.05) is 19.1 Å². The van der Waals surface area contributed by atoms with Crippen LogP contribution >= 0.6 is 11.6 Å². The molecule has 82 valence electrons. The number of nitrogens with one attached hydrogen (secondary N) is 1. The zero-order valence-electron chi connectivity index (χ0n) is 9.20. The minimum absolute atomic E-state index is 0.316. The summed E-state index contributed by atoms with van der Waals surface area (Å²) in [6.45, 7) is 5.14. The Morgan fingerprint density at radius 3 is 3.07 bits per heavy atom. The standard InChI is InChI=1S/C12H17ClN2/c1-3-4-5-7-14-10(2)11-6-8-15-12(13)9-11/h3-4,6,8-10,14H,5,7H2,1-2H3/b4-3+. The van der Waals surface area contributed by atoms with Gasteiger partial charge in [0.1, 0.15) is 5.15 Å². The van der Waals surface area contributed by atoms with E-state index >= 15 is 0 Å². The molecule has 0 fully saturated rings. The maximum Gasteiger partial charge on any atom is 0.129 e. The van der Waals surface area contributed by atoms with Crippen LogP contribution in [0.15, 0.2) is 30.5 Å². The molecule has 0 aliphatic heterocycles. The Kier molecular flexibility index (Phi) is 5.37. The molecule has 1 aromatic rings. The summed E-state index contributed by atoms with van der Waals surface area (Å²) in [6, 6.07) is 4.20. The van der Waals surface area contributed by atoms with Gasteiger partial charge in [-0.05, 0) is 44.5 Å². The number of hydrogen-bond acceptors (Lipinski definition) is 2. The average Bonchev–Trinajstić information content (AvgIpc) is 2.24. The fourth-order valence-electron chi connectivity index (χ4n) is 1.35. The summed E-state index contributed by atoms with van der Waals surface area (Å²) in [5.74, 6) is 0. The number of hydrogen-bond donors (Lipinski definition) is 1. The van der Waals surface area contributed by atoms with Crippen molar-refractivity contribution in [1.29, 1.82) is 0 Å². The van der Waals surface area contributed by atoms with Gasteiger partial charge < -0.3 is 5.32 Å². The van der Waals surface area contributed by atoms with Crippen LogP contribution in [0.5, 0.6) is 0 Å². The van der Waals surface area contributed by atoms with Gasteiger partial charge in [-0.25, -0.2) is 4.98 Å². The third-order valence-electron chi connectivity index (χ3n) is 2.25. The Hall–Kier alpha value is -0.860. The smallest absolute Gasteiger partial charge is 0.129 e. The van der Waals surface area contributed by atoms with E-state index < -0.39 is 0 Å². The summed E-state index contributed by atoms with van der Waals surface area (Å²) in [4.78, 5) is 3.96. The summed E-state index contributed by atoms with van der Waals surface area (Å²) in [6.07, 6.45) is 7.01. The molecule has 0 amide bonds. The van der Waals surface area contributed by atoms with E-state index in [-0.39, 0.29) is 0 Å². The lowest BCUT2D eigenvalue weighted by Gasteiger charge is -2.13. The normalized spacial score (nSPS) is 13.3. The van der Waals surface area contributed by atoms with Gasteiger partial charge in [0.25, 0.3) is 0 Å². The maximum absolute atomic E-state index is 5.82. The molecule has 1 aromatic heterocycles. The zero-order valence-corrected chi connectivity index (χ0v) is 9.96. The van der Waals surface area contributed by atoms with Gasteiger partial charge in [-0.1, -0.05) is 23.8 Å². The van der Waals surface area contributed by atoms with Gasteiger partial charge in [0.05, 0.1) is 0 Å². The number of pyridine rings is 1. The van der Waals surface area contributed by atoms with Gasteiger partial charge in [-0.3, -0.25) is 0 Å². The number of halogens is 1. The lowest BCUT2D eigenvalue weighted by molar-refractivity contribution is 0.580. The average molecular weight is 225 g/mol. The van der Waals surface area contributed by atoms with Crippen molar-refractivity contribution in [2.75, 3.05) is 6.54 Å². The van der Waals surface area contributed by atoms with Crippen LogP contribution in [-0.2, 0) is 0 Å². The molecule has 1 unspecified atom stereocenters. The molecule has 0 aromatic carbocycles. The van der Waals surface area contributed by atoms with Gasteiger partial charge in [-0.2, -0.15) is 0 Å². The summed E-state index contributed by atoms with van der Waals surface area (Å²) < 4.78 is 0. The lowest BCUT2D eigenvalue weighted by Crippen LogP contribution is -2.19. The summed E-state index contributed by atoms with van der Waals surface area (Å²) in [7, 11) is 0. The van der Waals surface area contributed by atoms with E-state index in [1.165, 1.54) is 5.56 Å². The van der Waals surface area contributed by atoms with Gasteiger partial charge in [0, 0.05) is 12.2 Å². The highest BCUT2D eigenvalue weighted by atomic mass is 35.5. The van der Waals surface area contributed by atoms with Crippen LogP contribution < -0.4 is 5.32 Å². The van der Waals surface area contributed by atoms with Crippen LogP contribution in [0.3, 0.4) is 0 Å². The van der Waals surface area contributed by atoms with Crippen molar-refractivity contribution < 1.29 is 0 Å². The van der Waals surface area contributed by atoms with Crippen LogP contribution in [0.2, 0.25) is 5.15 Å². The molecule has 0 aliphatic rings. The molecule has 2 nitrogen and oxygen atoms in total. The van der Waals surface area contributed by atoms with Gasteiger partial charge in [-0.15, -0.1) is 0 Å². The summed E-state index contributed by atoms with van der Waals surface area (Å²) in [5, 5.41) is 3.97. The van der Waals surface area contributed by atoms with Crippen molar-refractivity contribution in [2.45, 2.75) is 26.3 Å². The fourth-order valence-corrected chi connectivity index (χ4v) is 1.54. The Bertz CT molecular complexity index is 323. The molecule has 1 atom stereocenters. The number of rotatable bonds is 5. The topological polar surface area (TPSA) is 24.9 Å². The molecule has 0 saturated heterocycles. The summed E-state index contributed by atoms with van der Waals surface area (Å²) >= 11 is 5.82. The molecule has 1 heterocycles. The Morgan fingerprint density at radius 1 is 1.60 bits per heavy atom. The highest BCUT2D eigenvalue weighted by Gasteiger charge is 2.04. The van der Waals surface area contributed by atoms with Crippen molar-refractivity contribution >= 4 is 11.6 Å². The number of nitrogens with zero attached hydrogens (tertiary/aromatic N) is 1. The van der Waals surface area contributed by atoms with Crippen LogP contribution in [0.25, 0.3) is 0 Å². The maximum atomic E-state index is 5.82. The highest BCUT2D eigenvalue weighted by Crippen LogP contribution is 2.14. The number of allylic oxidation sites excluding steroid dienone is 1. The van der Waals surface area contributed by atoms with Crippen molar-refractivity contribution in [1.82, 2.24) is 10.3 Å². The van der Waals surface area contributed by atoms with Gasteiger partial charge >= 0.3 is 0 Å². The third-order valence-corrected chi connectivity index (χ3v) is 2.45. The molecule has 0 saturated carbocycles. The first-order valence-corrected chi connectivity index (χ1v) is 5.58.